The average molecular weight is 289 g/mol. The highest BCUT2D eigenvalue weighted by molar-refractivity contribution is 9.10. The van der Waals surface area contributed by atoms with E-state index < -0.39 is 6.29 Å². The topological polar surface area (TPSA) is 60.5 Å². The minimum absolute atomic E-state index is 0.272. The molecule has 0 atom stereocenters. The van der Waals surface area contributed by atoms with Gasteiger partial charge >= 0.3 is 0 Å². The molecule has 1 aromatic rings. The van der Waals surface area contributed by atoms with Gasteiger partial charge in [-0.05, 0) is 28.1 Å². The van der Waals surface area contributed by atoms with Crippen molar-refractivity contribution >= 4 is 21.8 Å². The van der Waals surface area contributed by atoms with E-state index in [0.717, 1.165) is 0 Å². The summed E-state index contributed by atoms with van der Waals surface area (Å²) in [6.45, 7) is 0.273. The highest BCUT2D eigenvalue weighted by Crippen LogP contribution is 2.12. The zero-order valence-corrected chi connectivity index (χ0v) is 10.7. The molecule has 1 aromatic heterocycles. The lowest BCUT2D eigenvalue weighted by molar-refractivity contribution is -0.0974. The van der Waals surface area contributed by atoms with Crippen molar-refractivity contribution in [3.8, 4) is 0 Å². The van der Waals surface area contributed by atoms with Gasteiger partial charge < -0.3 is 14.8 Å². The number of ether oxygens (including phenoxy) is 2. The summed E-state index contributed by atoms with van der Waals surface area (Å²) in [5, 5.41) is 2.66. The minimum atomic E-state index is -0.452. The highest BCUT2D eigenvalue weighted by atomic mass is 79.9. The zero-order chi connectivity index (χ0) is 12.0. The molecule has 0 unspecified atom stereocenters. The number of hydrogen-bond acceptors (Lipinski definition) is 4. The molecule has 0 saturated carbocycles. The van der Waals surface area contributed by atoms with E-state index in [9.17, 15) is 4.79 Å². The summed E-state index contributed by atoms with van der Waals surface area (Å²) in [6, 6.07) is 3.50. The minimum Gasteiger partial charge on any atom is -0.354 e. The molecule has 6 heteroatoms. The molecule has 0 spiro atoms. The van der Waals surface area contributed by atoms with Crippen LogP contribution in [-0.4, -0.2) is 37.9 Å². The SMILES string of the molecule is COC(CNC(=O)c1ncccc1Br)OC. The van der Waals surface area contributed by atoms with E-state index in [4.69, 9.17) is 9.47 Å². The van der Waals surface area contributed by atoms with Crippen LogP contribution in [0.2, 0.25) is 0 Å². The summed E-state index contributed by atoms with van der Waals surface area (Å²) in [5.41, 5.74) is 0.341. The standard InChI is InChI=1S/C10H13BrN2O3/c1-15-8(16-2)6-13-10(14)9-7(11)4-3-5-12-9/h3-5,8H,6H2,1-2H3,(H,13,14). The van der Waals surface area contributed by atoms with Gasteiger partial charge in [-0.3, -0.25) is 4.79 Å². The summed E-state index contributed by atoms with van der Waals surface area (Å²) in [7, 11) is 3.02. The van der Waals surface area contributed by atoms with E-state index >= 15 is 0 Å². The molecule has 1 rings (SSSR count). The Labute approximate surface area is 102 Å². The first-order valence-electron chi connectivity index (χ1n) is 4.63. The van der Waals surface area contributed by atoms with Crippen molar-refractivity contribution in [2.75, 3.05) is 20.8 Å². The van der Waals surface area contributed by atoms with Gasteiger partial charge in [0.2, 0.25) is 0 Å². The molecular weight excluding hydrogens is 276 g/mol. The van der Waals surface area contributed by atoms with Crippen LogP contribution in [0.1, 0.15) is 10.5 Å². The van der Waals surface area contributed by atoms with Gasteiger partial charge in [0, 0.05) is 24.9 Å². The number of nitrogens with zero attached hydrogens (tertiary/aromatic N) is 1. The van der Waals surface area contributed by atoms with E-state index in [0.29, 0.717) is 10.2 Å². The average Bonchev–Trinajstić information content (AvgIpc) is 2.30. The van der Waals surface area contributed by atoms with Crippen molar-refractivity contribution in [1.29, 1.82) is 0 Å². The lowest BCUT2D eigenvalue weighted by Gasteiger charge is -2.13. The fraction of sp³-hybridized carbons (Fsp3) is 0.400. The molecule has 1 amide bonds. The summed E-state index contributed by atoms with van der Waals surface area (Å²) < 4.78 is 10.5. The van der Waals surface area contributed by atoms with Crippen LogP contribution in [0.15, 0.2) is 22.8 Å². The lowest BCUT2D eigenvalue weighted by Crippen LogP contribution is -2.34. The molecule has 0 aliphatic carbocycles. The van der Waals surface area contributed by atoms with E-state index in [1.807, 2.05) is 0 Å². The van der Waals surface area contributed by atoms with Crippen LogP contribution in [0.4, 0.5) is 0 Å². The largest absolute Gasteiger partial charge is 0.354 e. The quantitative estimate of drug-likeness (QED) is 0.827. The number of hydrogen-bond donors (Lipinski definition) is 1. The highest BCUT2D eigenvalue weighted by Gasteiger charge is 2.13. The maximum atomic E-state index is 11.7. The maximum absolute atomic E-state index is 11.7. The van der Waals surface area contributed by atoms with Gasteiger partial charge in [0.25, 0.3) is 5.91 Å². The van der Waals surface area contributed by atoms with E-state index in [-0.39, 0.29) is 12.5 Å². The van der Waals surface area contributed by atoms with Crippen LogP contribution in [0.3, 0.4) is 0 Å². The normalized spacial score (nSPS) is 10.5. The Kier molecular flexibility index (Phi) is 5.37. The smallest absolute Gasteiger partial charge is 0.271 e. The third kappa shape index (κ3) is 3.55. The van der Waals surface area contributed by atoms with Gasteiger partial charge in [0.05, 0.1) is 6.54 Å². The molecule has 16 heavy (non-hydrogen) atoms. The molecule has 5 nitrogen and oxygen atoms in total. The number of rotatable bonds is 5. The second-order valence-electron chi connectivity index (χ2n) is 2.94. The van der Waals surface area contributed by atoms with Crippen LogP contribution >= 0.6 is 15.9 Å². The second kappa shape index (κ2) is 6.57. The van der Waals surface area contributed by atoms with Crippen LogP contribution < -0.4 is 5.32 Å². The van der Waals surface area contributed by atoms with Crippen molar-refractivity contribution in [2.45, 2.75) is 6.29 Å². The molecule has 0 aliphatic heterocycles. The zero-order valence-electron chi connectivity index (χ0n) is 9.07. The number of aromatic nitrogens is 1. The van der Waals surface area contributed by atoms with Crippen molar-refractivity contribution < 1.29 is 14.3 Å². The first kappa shape index (κ1) is 13.1. The Balaban J connectivity index is 2.56. The molecule has 88 valence electrons. The van der Waals surface area contributed by atoms with Crippen LogP contribution in [-0.2, 0) is 9.47 Å². The number of amides is 1. The van der Waals surface area contributed by atoms with Gasteiger partial charge in [-0.15, -0.1) is 0 Å². The Hall–Kier alpha value is -0.980. The molecule has 0 aliphatic rings. The predicted octanol–water partition coefficient (Wildman–Crippen LogP) is 1.19. The number of carbonyl (C=O) groups excluding carboxylic acids is 1. The van der Waals surface area contributed by atoms with Crippen molar-refractivity contribution in [1.82, 2.24) is 10.3 Å². The fourth-order valence-electron chi connectivity index (χ4n) is 1.08. The van der Waals surface area contributed by atoms with Crippen molar-refractivity contribution in [3.63, 3.8) is 0 Å². The first-order valence-corrected chi connectivity index (χ1v) is 5.42. The summed E-state index contributed by atoms with van der Waals surface area (Å²) >= 11 is 3.25. The lowest BCUT2D eigenvalue weighted by atomic mass is 10.3. The van der Waals surface area contributed by atoms with Crippen LogP contribution in [0.5, 0.6) is 0 Å². The van der Waals surface area contributed by atoms with E-state index in [2.05, 4.69) is 26.2 Å². The Morgan fingerprint density at radius 3 is 2.81 bits per heavy atom. The number of nitrogens with one attached hydrogen (secondary N) is 1. The third-order valence-electron chi connectivity index (χ3n) is 1.93. The molecule has 0 saturated heterocycles. The number of methoxy groups -OCH3 is 2. The monoisotopic (exact) mass is 288 g/mol. The van der Waals surface area contributed by atoms with Crippen molar-refractivity contribution in [2.24, 2.45) is 0 Å². The van der Waals surface area contributed by atoms with E-state index in [1.54, 1.807) is 18.3 Å². The van der Waals surface area contributed by atoms with E-state index in [1.165, 1.54) is 14.2 Å². The summed E-state index contributed by atoms with van der Waals surface area (Å²) in [6.07, 6.45) is 1.11. The summed E-state index contributed by atoms with van der Waals surface area (Å²) in [5.74, 6) is -0.272. The van der Waals surface area contributed by atoms with Gasteiger partial charge in [0.1, 0.15) is 5.69 Å². The molecular formula is C10H13BrN2O3. The third-order valence-corrected chi connectivity index (χ3v) is 2.57. The summed E-state index contributed by atoms with van der Waals surface area (Å²) in [4.78, 5) is 15.7. The Morgan fingerprint density at radius 2 is 2.25 bits per heavy atom. The molecule has 0 fully saturated rings. The molecule has 1 N–H and O–H groups in total. The molecule has 1 heterocycles. The Morgan fingerprint density at radius 1 is 1.56 bits per heavy atom. The number of halogens is 1. The first-order chi connectivity index (χ1) is 7.69. The maximum Gasteiger partial charge on any atom is 0.271 e. The van der Waals surface area contributed by atoms with Crippen molar-refractivity contribution in [3.05, 3.63) is 28.5 Å². The van der Waals surface area contributed by atoms with Gasteiger partial charge in [-0.2, -0.15) is 0 Å². The molecule has 0 radical (unpaired) electrons. The predicted molar refractivity (Wildman–Crippen MR) is 62.1 cm³/mol. The fourth-order valence-corrected chi connectivity index (χ4v) is 1.51. The van der Waals surface area contributed by atoms with Gasteiger partial charge in [-0.25, -0.2) is 4.98 Å². The van der Waals surface area contributed by atoms with Gasteiger partial charge in [-0.1, -0.05) is 0 Å². The second-order valence-corrected chi connectivity index (χ2v) is 3.80. The molecule has 0 bridgehead atoms. The number of pyridine rings is 1. The molecule has 0 aromatic carbocycles. The van der Waals surface area contributed by atoms with Gasteiger partial charge in [0.15, 0.2) is 6.29 Å². The van der Waals surface area contributed by atoms with Crippen LogP contribution in [0, 0.1) is 0 Å². The van der Waals surface area contributed by atoms with Crippen LogP contribution in [0.25, 0.3) is 0 Å². The number of carbonyl (C=O) groups is 1. The Bertz CT molecular complexity index is 356.